The van der Waals surface area contributed by atoms with E-state index in [-0.39, 0.29) is 0 Å². The van der Waals surface area contributed by atoms with Gasteiger partial charge in [0.15, 0.2) is 0 Å². The lowest BCUT2D eigenvalue weighted by molar-refractivity contribution is 1.15. The van der Waals surface area contributed by atoms with Crippen molar-refractivity contribution in [1.29, 1.82) is 0 Å². The largest absolute Gasteiger partial charge is 0.292 e. The lowest BCUT2D eigenvalue weighted by Crippen LogP contribution is -2.09. The molecule has 60 valence electrons. The van der Waals surface area contributed by atoms with Gasteiger partial charge in [-0.3, -0.25) is 5.43 Å². The predicted molar refractivity (Wildman–Crippen MR) is 47.3 cm³/mol. The Hall–Kier alpha value is -1.68. The lowest BCUT2D eigenvalue weighted by atomic mass is 10.2. The molecule has 2 aromatic rings. The Morgan fingerprint density at radius 1 is 1.25 bits per heavy atom. The summed E-state index contributed by atoms with van der Waals surface area (Å²) in [4.78, 5) is 8.12. The first-order valence-electron chi connectivity index (χ1n) is 3.58. The van der Waals surface area contributed by atoms with Crippen molar-refractivity contribution in [2.45, 2.75) is 0 Å². The van der Waals surface area contributed by atoms with Gasteiger partial charge >= 0.3 is 0 Å². The van der Waals surface area contributed by atoms with Crippen molar-refractivity contribution >= 4 is 16.9 Å². The second kappa shape index (κ2) is 2.75. The monoisotopic (exact) mass is 160 g/mol. The molecule has 0 aliphatic carbocycles. The molecule has 1 aromatic heterocycles. The number of aromatic nitrogens is 2. The second-order valence-corrected chi connectivity index (χ2v) is 2.40. The number of fused-ring (bicyclic) bond motifs is 1. The Balaban J connectivity index is 2.67. The van der Waals surface area contributed by atoms with Crippen molar-refractivity contribution in [3.63, 3.8) is 0 Å². The summed E-state index contributed by atoms with van der Waals surface area (Å²) in [5.41, 5.74) is 3.29. The first kappa shape index (κ1) is 7.00. The van der Waals surface area contributed by atoms with Crippen LogP contribution < -0.4 is 11.3 Å². The van der Waals surface area contributed by atoms with Gasteiger partial charge in [-0.05, 0) is 6.07 Å². The highest BCUT2D eigenvalue weighted by Crippen LogP contribution is 2.10. The Morgan fingerprint density at radius 3 is 2.92 bits per heavy atom. The number of hydrazine groups is 1. The fraction of sp³-hybridized carbons (Fsp3) is 0. The second-order valence-electron chi connectivity index (χ2n) is 2.40. The smallest absolute Gasteiger partial charge is 0.237 e. The lowest BCUT2D eigenvalue weighted by Gasteiger charge is -1.98. The zero-order chi connectivity index (χ0) is 8.39. The van der Waals surface area contributed by atoms with Crippen LogP contribution in [-0.4, -0.2) is 9.97 Å². The maximum absolute atomic E-state index is 5.17. The van der Waals surface area contributed by atoms with Crippen molar-refractivity contribution in [2.24, 2.45) is 5.84 Å². The van der Waals surface area contributed by atoms with E-state index in [1.807, 2.05) is 24.3 Å². The maximum Gasteiger partial charge on any atom is 0.237 e. The summed E-state index contributed by atoms with van der Waals surface area (Å²) >= 11 is 0. The van der Waals surface area contributed by atoms with Gasteiger partial charge in [0.25, 0.3) is 0 Å². The van der Waals surface area contributed by atoms with Gasteiger partial charge in [0.05, 0.1) is 5.52 Å². The van der Waals surface area contributed by atoms with E-state index in [1.54, 1.807) is 6.20 Å². The molecule has 1 heterocycles. The van der Waals surface area contributed by atoms with Gasteiger partial charge < -0.3 is 0 Å². The van der Waals surface area contributed by atoms with E-state index in [9.17, 15) is 0 Å². The van der Waals surface area contributed by atoms with E-state index in [4.69, 9.17) is 5.84 Å². The third-order valence-corrected chi connectivity index (χ3v) is 1.62. The average molecular weight is 160 g/mol. The number of benzene rings is 1. The molecular weight excluding hydrogens is 152 g/mol. The van der Waals surface area contributed by atoms with E-state index in [0.29, 0.717) is 5.95 Å². The van der Waals surface area contributed by atoms with Crippen molar-refractivity contribution in [3.8, 4) is 0 Å². The van der Waals surface area contributed by atoms with Crippen molar-refractivity contribution in [2.75, 3.05) is 5.43 Å². The summed E-state index contributed by atoms with van der Waals surface area (Å²) in [6, 6.07) is 7.74. The Labute approximate surface area is 69.4 Å². The number of nitrogens with zero attached hydrogens (tertiary/aromatic N) is 2. The summed E-state index contributed by atoms with van der Waals surface area (Å²) < 4.78 is 0. The fourth-order valence-electron chi connectivity index (χ4n) is 1.04. The van der Waals surface area contributed by atoms with Crippen LogP contribution in [0.4, 0.5) is 5.95 Å². The first-order chi connectivity index (χ1) is 5.90. The highest BCUT2D eigenvalue weighted by Gasteiger charge is 1.95. The molecule has 0 aliphatic rings. The van der Waals surface area contributed by atoms with Crippen molar-refractivity contribution < 1.29 is 0 Å². The van der Waals surface area contributed by atoms with Crippen molar-refractivity contribution in [3.05, 3.63) is 30.5 Å². The Morgan fingerprint density at radius 2 is 2.08 bits per heavy atom. The molecule has 2 rings (SSSR count). The van der Waals surface area contributed by atoms with Gasteiger partial charge in [-0.1, -0.05) is 18.2 Å². The highest BCUT2D eigenvalue weighted by atomic mass is 15.3. The van der Waals surface area contributed by atoms with Crippen LogP contribution in [0.2, 0.25) is 0 Å². The third-order valence-electron chi connectivity index (χ3n) is 1.62. The summed E-state index contributed by atoms with van der Waals surface area (Å²) in [6.45, 7) is 0. The zero-order valence-corrected chi connectivity index (χ0v) is 6.36. The third kappa shape index (κ3) is 1.08. The van der Waals surface area contributed by atoms with Crippen LogP contribution in [0.1, 0.15) is 0 Å². The molecule has 4 heteroatoms. The van der Waals surface area contributed by atoms with Crippen molar-refractivity contribution in [1.82, 2.24) is 9.97 Å². The minimum absolute atomic E-state index is 0.439. The molecule has 0 unspecified atom stereocenters. The first-order valence-corrected chi connectivity index (χ1v) is 3.58. The van der Waals surface area contributed by atoms with Gasteiger partial charge in [0, 0.05) is 11.6 Å². The number of para-hydroxylation sites is 1. The topological polar surface area (TPSA) is 63.8 Å². The molecule has 0 spiro atoms. The van der Waals surface area contributed by atoms with Gasteiger partial charge in [-0.15, -0.1) is 0 Å². The molecule has 0 radical (unpaired) electrons. The van der Waals surface area contributed by atoms with Crippen LogP contribution in [0.5, 0.6) is 0 Å². The van der Waals surface area contributed by atoms with Crippen LogP contribution in [0.15, 0.2) is 30.5 Å². The standard InChI is InChI=1S/C8H8N4/c9-12-8-10-5-6-3-1-2-4-7(6)11-8/h1-5H,9H2,(H,10,11,12). The van der Waals surface area contributed by atoms with Gasteiger partial charge in [0.1, 0.15) is 0 Å². The Bertz CT molecular complexity index is 399. The number of hydrogen-bond donors (Lipinski definition) is 2. The van der Waals surface area contributed by atoms with Crippen LogP contribution in [-0.2, 0) is 0 Å². The number of rotatable bonds is 1. The van der Waals surface area contributed by atoms with Gasteiger partial charge in [-0.2, -0.15) is 0 Å². The molecule has 0 bridgehead atoms. The summed E-state index contributed by atoms with van der Waals surface area (Å²) in [6.07, 6.45) is 1.73. The SMILES string of the molecule is NNc1ncc2ccccc2n1. The number of hydrogen-bond acceptors (Lipinski definition) is 4. The summed E-state index contributed by atoms with van der Waals surface area (Å²) in [5, 5.41) is 1.01. The van der Waals surface area contributed by atoms with E-state index in [0.717, 1.165) is 10.9 Å². The fourth-order valence-corrected chi connectivity index (χ4v) is 1.04. The maximum atomic E-state index is 5.17. The molecule has 0 aliphatic heterocycles. The van der Waals surface area contributed by atoms with E-state index in [2.05, 4.69) is 15.4 Å². The molecule has 3 N–H and O–H groups in total. The molecule has 0 amide bonds. The molecule has 0 fully saturated rings. The normalized spacial score (nSPS) is 10.1. The quantitative estimate of drug-likeness (QED) is 0.481. The molecular formula is C8H8N4. The molecule has 12 heavy (non-hydrogen) atoms. The number of nitrogen functional groups attached to an aromatic ring is 1. The van der Waals surface area contributed by atoms with Gasteiger partial charge in [0.2, 0.25) is 5.95 Å². The number of anilines is 1. The van der Waals surface area contributed by atoms with E-state index in [1.165, 1.54) is 0 Å². The van der Waals surface area contributed by atoms with E-state index < -0.39 is 0 Å². The van der Waals surface area contributed by atoms with Crippen LogP contribution in [0, 0.1) is 0 Å². The number of nitrogens with one attached hydrogen (secondary N) is 1. The minimum atomic E-state index is 0.439. The summed E-state index contributed by atoms with van der Waals surface area (Å²) in [7, 11) is 0. The summed E-state index contributed by atoms with van der Waals surface area (Å²) in [5.74, 6) is 5.60. The molecule has 0 saturated heterocycles. The van der Waals surface area contributed by atoms with Crippen LogP contribution in [0.3, 0.4) is 0 Å². The van der Waals surface area contributed by atoms with E-state index >= 15 is 0 Å². The minimum Gasteiger partial charge on any atom is -0.292 e. The highest BCUT2D eigenvalue weighted by molar-refractivity contribution is 5.78. The Kier molecular flexibility index (Phi) is 1.60. The molecule has 0 atom stereocenters. The number of nitrogens with two attached hydrogens (primary N) is 1. The van der Waals surface area contributed by atoms with Crippen LogP contribution >= 0.6 is 0 Å². The zero-order valence-electron chi connectivity index (χ0n) is 6.36. The molecule has 0 saturated carbocycles. The van der Waals surface area contributed by atoms with Gasteiger partial charge in [-0.25, -0.2) is 15.8 Å². The average Bonchev–Trinajstić information content (AvgIpc) is 2.17. The van der Waals surface area contributed by atoms with Crippen LogP contribution in [0.25, 0.3) is 10.9 Å². The molecule has 1 aromatic carbocycles. The predicted octanol–water partition coefficient (Wildman–Crippen LogP) is 0.915. The molecule has 4 nitrogen and oxygen atoms in total.